The second-order valence-corrected chi connectivity index (χ2v) is 13.2. The van der Waals surface area contributed by atoms with E-state index in [2.05, 4.69) is 32.7 Å². The van der Waals surface area contributed by atoms with Gasteiger partial charge in [0.25, 0.3) is 0 Å². The minimum Gasteiger partial charge on any atom is -0.460 e. The maximum absolute atomic E-state index is 13.4. The molecule has 1 aromatic carbocycles. The van der Waals surface area contributed by atoms with E-state index in [9.17, 15) is 19.7 Å². The smallest absolute Gasteiger partial charge is 0.460 e. The zero-order valence-electron chi connectivity index (χ0n) is 24.8. The van der Waals surface area contributed by atoms with Gasteiger partial charge < -0.3 is 35.4 Å². The monoisotopic (exact) mass is 554 g/mol. The maximum atomic E-state index is 13.4. The maximum Gasteiger partial charge on any atom is 0.492 e. The molecule has 4 rings (SSSR count). The highest BCUT2D eigenvalue weighted by atomic mass is 16.5. The molecule has 2 aliphatic carbocycles. The average molecular weight is 555 g/mol. The highest BCUT2D eigenvalue weighted by Crippen LogP contribution is 2.62. The van der Waals surface area contributed by atoms with E-state index in [0.29, 0.717) is 42.9 Å². The number of aliphatic hydroxyl groups is 1. The summed E-state index contributed by atoms with van der Waals surface area (Å²) >= 11 is 0. The minimum atomic E-state index is -1.03. The van der Waals surface area contributed by atoms with Crippen LogP contribution in [0.2, 0.25) is 0 Å². The summed E-state index contributed by atoms with van der Waals surface area (Å²) in [5.74, 6) is 0.0191. The van der Waals surface area contributed by atoms with Gasteiger partial charge in [-0.3, -0.25) is 4.79 Å². The van der Waals surface area contributed by atoms with Crippen LogP contribution in [0.3, 0.4) is 0 Å². The Morgan fingerprint density at radius 2 is 2.05 bits per heavy atom. The zero-order chi connectivity index (χ0) is 29.5. The first-order chi connectivity index (χ1) is 18.8. The molecule has 1 heterocycles. The number of nitrogens with one attached hydrogen (secondary N) is 1. The lowest BCUT2D eigenvalue weighted by Gasteiger charge is -2.60. The molecule has 0 amide bonds. The van der Waals surface area contributed by atoms with E-state index in [1.165, 1.54) is 0 Å². The third-order valence-electron chi connectivity index (χ3n) is 10.8. The van der Waals surface area contributed by atoms with E-state index in [-0.39, 0.29) is 35.6 Å². The molecule has 0 spiro atoms. The number of aliphatic hydroxyl groups excluding tert-OH is 1. The first-order valence-electron chi connectivity index (χ1n) is 14.7. The Hall–Kier alpha value is -2.20. The molecule has 220 valence electrons. The third-order valence-corrected chi connectivity index (χ3v) is 10.8. The minimum absolute atomic E-state index is 0.0335. The first kappa shape index (κ1) is 30.8. The van der Waals surface area contributed by atoms with Crippen molar-refractivity contribution in [3.8, 4) is 0 Å². The predicted molar refractivity (Wildman–Crippen MR) is 157 cm³/mol. The molecule has 2 bridgehead atoms. The van der Waals surface area contributed by atoms with Gasteiger partial charge in [-0.1, -0.05) is 39.8 Å². The third kappa shape index (κ3) is 5.50. The summed E-state index contributed by atoms with van der Waals surface area (Å²) < 4.78 is 11.7. The van der Waals surface area contributed by atoms with Crippen LogP contribution < -0.4 is 16.5 Å². The molecule has 5 N–H and O–H groups in total. The second kappa shape index (κ2) is 11.6. The van der Waals surface area contributed by atoms with Gasteiger partial charge in [-0.25, -0.2) is 0 Å². The van der Waals surface area contributed by atoms with E-state index >= 15 is 0 Å². The number of Topliss-reactive ketones (excluding diaryl/α,β-unsaturated/α-hetero) is 1. The molecule has 7 atom stereocenters. The van der Waals surface area contributed by atoms with E-state index in [0.717, 1.165) is 30.4 Å². The number of ketones is 1. The number of hydrogen-bond donors (Lipinski definition) is 4. The Kier molecular flexibility index (Phi) is 8.91. The lowest BCUT2D eigenvalue weighted by molar-refractivity contribution is -0.187. The van der Waals surface area contributed by atoms with Crippen LogP contribution in [0.5, 0.6) is 0 Å². The number of hydrogen-bond acceptors (Lipinski definition) is 8. The van der Waals surface area contributed by atoms with E-state index in [1.807, 2.05) is 25.1 Å². The van der Waals surface area contributed by atoms with Crippen molar-refractivity contribution < 1.29 is 29.1 Å². The number of anilines is 1. The number of carbonyl (C=O) groups is 2. The van der Waals surface area contributed by atoms with Crippen molar-refractivity contribution in [2.45, 2.75) is 98.5 Å². The Morgan fingerprint density at radius 3 is 2.70 bits per heavy atom. The lowest BCUT2D eigenvalue weighted by Crippen LogP contribution is -2.58. The fraction of sp³-hybridized carbons (Fsp3) is 0.677. The standard InChI is InChI=1S/C31H47BN2O6/c1-7-29(5)14-25(30(6)18-31(12-10-19(30)2,13-11-20(3)35)21(4)28(29)37)40-26(36)16-34-24-9-8-22-17-39-32(38)27(22)23(24)15-33/h7-9,19,21,25,28,34,37-38H,1,10-18,33H2,2-6H3/t19-,21+,25-,28+,29-,30+,31-/m1/s1. The van der Waals surface area contributed by atoms with Crippen molar-refractivity contribution in [1.82, 2.24) is 0 Å². The predicted octanol–water partition coefficient (Wildman–Crippen LogP) is 3.46. The molecule has 1 aromatic rings. The highest BCUT2D eigenvalue weighted by molar-refractivity contribution is 6.62. The van der Waals surface area contributed by atoms with Crippen LogP contribution in [0.1, 0.15) is 84.3 Å². The van der Waals surface area contributed by atoms with E-state index in [4.69, 9.17) is 15.1 Å². The molecule has 1 aliphatic heterocycles. The molecule has 8 nitrogen and oxygen atoms in total. The Balaban J connectivity index is 1.60. The van der Waals surface area contributed by atoms with Gasteiger partial charge in [0.2, 0.25) is 0 Å². The summed E-state index contributed by atoms with van der Waals surface area (Å²) in [4.78, 5) is 25.5. The summed E-state index contributed by atoms with van der Waals surface area (Å²) in [5, 5.41) is 25.1. The number of nitrogens with two attached hydrogens (primary N) is 1. The Labute approximate surface area is 239 Å². The molecule has 2 fully saturated rings. The van der Waals surface area contributed by atoms with Gasteiger partial charge >= 0.3 is 13.1 Å². The molecule has 0 unspecified atom stereocenters. The summed E-state index contributed by atoms with van der Waals surface area (Å²) in [6, 6.07) is 3.72. The summed E-state index contributed by atoms with van der Waals surface area (Å²) in [6.07, 6.45) is 5.01. The van der Waals surface area contributed by atoms with Crippen LogP contribution in [0, 0.1) is 28.1 Å². The lowest BCUT2D eigenvalue weighted by atomic mass is 9.47. The van der Waals surface area contributed by atoms with Crippen molar-refractivity contribution in [2.75, 3.05) is 11.9 Å². The average Bonchev–Trinajstić information content (AvgIpc) is 3.31. The number of fused-ring (bicyclic) bond motifs is 3. The molecular weight excluding hydrogens is 507 g/mol. The fourth-order valence-corrected chi connectivity index (χ4v) is 7.73. The molecular formula is C31H47BN2O6. The fourth-order valence-electron chi connectivity index (χ4n) is 7.73. The van der Waals surface area contributed by atoms with Crippen molar-refractivity contribution in [1.29, 1.82) is 0 Å². The number of rotatable bonds is 9. The highest BCUT2D eigenvalue weighted by Gasteiger charge is 2.58. The van der Waals surface area contributed by atoms with Crippen LogP contribution >= 0.6 is 0 Å². The molecule has 0 saturated heterocycles. The van der Waals surface area contributed by atoms with Gasteiger partial charge in [-0.05, 0) is 78.9 Å². The van der Waals surface area contributed by atoms with Gasteiger partial charge in [0.15, 0.2) is 0 Å². The summed E-state index contributed by atoms with van der Waals surface area (Å²) in [5.41, 5.74) is 7.72. The van der Waals surface area contributed by atoms with Crippen molar-refractivity contribution >= 4 is 30.0 Å². The normalized spacial score (nSPS) is 35.4. The van der Waals surface area contributed by atoms with Crippen molar-refractivity contribution in [2.24, 2.45) is 33.8 Å². The van der Waals surface area contributed by atoms with Crippen LogP contribution in [0.15, 0.2) is 24.8 Å². The molecule has 3 aliphatic rings. The molecule has 0 radical (unpaired) electrons. The van der Waals surface area contributed by atoms with Crippen LogP contribution in [0.4, 0.5) is 5.69 Å². The number of benzene rings is 1. The topological polar surface area (TPSA) is 131 Å². The number of ether oxygens (including phenoxy) is 1. The van der Waals surface area contributed by atoms with Gasteiger partial charge in [-0.2, -0.15) is 0 Å². The SMILES string of the molecule is C=C[C@]1(C)C[C@@H](OC(=O)CNc2ccc3c(c2CN)B(O)OC3)[C@@]2(C)C[C@](CCC(C)=O)(CC[C@H]2C)[C@@H](C)[C@@H]1O. The Bertz CT molecular complexity index is 1150. The van der Waals surface area contributed by atoms with Crippen molar-refractivity contribution in [3.63, 3.8) is 0 Å². The molecule has 2 saturated carbocycles. The van der Waals surface area contributed by atoms with Gasteiger partial charge in [0.1, 0.15) is 18.4 Å². The molecule has 40 heavy (non-hydrogen) atoms. The van der Waals surface area contributed by atoms with Gasteiger partial charge in [0, 0.05) is 29.5 Å². The van der Waals surface area contributed by atoms with Crippen molar-refractivity contribution in [3.05, 3.63) is 35.9 Å². The van der Waals surface area contributed by atoms with E-state index in [1.54, 1.807) is 6.92 Å². The molecule has 0 aromatic heterocycles. The van der Waals surface area contributed by atoms with Gasteiger partial charge in [-0.15, -0.1) is 6.58 Å². The summed E-state index contributed by atoms with van der Waals surface area (Å²) in [7, 11) is -1.03. The van der Waals surface area contributed by atoms with Crippen LogP contribution in [-0.2, 0) is 32.1 Å². The van der Waals surface area contributed by atoms with Crippen LogP contribution in [0.25, 0.3) is 0 Å². The van der Waals surface area contributed by atoms with E-state index < -0.39 is 30.7 Å². The van der Waals surface area contributed by atoms with Crippen LogP contribution in [-0.4, -0.2) is 47.8 Å². The summed E-state index contributed by atoms with van der Waals surface area (Å²) in [6.45, 7) is 14.7. The zero-order valence-corrected chi connectivity index (χ0v) is 24.8. The molecule has 9 heteroatoms. The largest absolute Gasteiger partial charge is 0.492 e. The Morgan fingerprint density at radius 1 is 1.32 bits per heavy atom. The second-order valence-electron chi connectivity index (χ2n) is 13.2. The number of carbonyl (C=O) groups excluding carboxylic acids is 2. The van der Waals surface area contributed by atoms with Gasteiger partial charge in [0.05, 0.1) is 12.7 Å². The quantitative estimate of drug-likeness (QED) is 0.207. The first-order valence-corrected chi connectivity index (χ1v) is 14.7. The number of esters is 1.